The Morgan fingerprint density at radius 3 is 2.63 bits per heavy atom. The van der Waals surface area contributed by atoms with Crippen LogP contribution in [0.1, 0.15) is 17.4 Å². The SMILES string of the molecule is Cc1c([C@@H](Nc2nc3ncc(S(C)(=O)=O)cc3[nH]2)C(F)(F)F)oc2ccc(F)cc12. The average molecular weight is 442 g/mol. The minimum absolute atomic E-state index is 0.0363. The molecule has 0 saturated carbocycles. The first-order valence-corrected chi connectivity index (χ1v) is 10.4. The Hall–Kier alpha value is -3.15. The van der Waals surface area contributed by atoms with E-state index in [-0.39, 0.29) is 38.5 Å². The molecule has 0 aliphatic carbocycles. The first kappa shape index (κ1) is 20.1. The van der Waals surface area contributed by atoms with Gasteiger partial charge >= 0.3 is 6.18 Å². The number of aryl methyl sites for hydroxylation is 1. The summed E-state index contributed by atoms with van der Waals surface area (Å²) in [4.78, 5) is 10.3. The number of anilines is 1. The zero-order valence-corrected chi connectivity index (χ0v) is 16.3. The zero-order valence-electron chi connectivity index (χ0n) is 15.5. The lowest BCUT2D eigenvalue weighted by Crippen LogP contribution is -2.28. The maximum Gasteiger partial charge on any atom is 0.415 e. The number of nitrogens with one attached hydrogen (secondary N) is 2. The number of nitrogens with zero attached hydrogens (tertiary/aromatic N) is 2. The number of aromatic amines is 1. The van der Waals surface area contributed by atoms with Gasteiger partial charge in [-0.2, -0.15) is 18.2 Å². The number of sulfone groups is 1. The number of aromatic nitrogens is 3. The third kappa shape index (κ3) is 3.58. The summed E-state index contributed by atoms with van der Waals surface area (Å²) in [7, 11) is -3.55. The van der Waals surface area contributed by atoms with Gasteiger partial charge in [0.1, 0.15) is 17.2 Å². The molecule has 2 N–H and O–H groups in total. The van der Waals surface area contributed by atoms with Crippen LogP contribution in [0.3, 0.4) is 0 Å². The summed E-state index contributed by atoms with van der Waals surface area (Å²) in [6.45, 7) is 1.40. The number of benzene rings is 1. The molecule has 0 spiro atoms. The van der Waals surface area contributed by atoms with E-state index in [4.69, 9.17) is 4.42 Å². The van der Waals surface area contributed by atoms with E-state index in [2.05, 4.69) is 20.3 Å². The highest BCUT2D eigenvalue weighted by Crippen LogP contribution is 2.40. The molecule has 0 aliphatic heterocycles. The molecule has 4 rings (SSSR count). The molecule has 0 bridgehead atoms. The number of hydrogen-bond donors (Lipinski definition) is 2. The maximum absolute atomic E-state index is 13.8. The normalized spacial score (nSPS) is 13.8. The van der Waals surface area contributed by atoms with E-state index in [1.807, 2.05) is 0 Å². The molecule has 0 fully saturated rings. The number of hydrogen-bond acceptors (Lipinski definition) is 6. The van der Waals surface area contributed by atoms with Gasteiger partial charge in [-0.15, -0.1) is 0 Å². The number of rotatable bonds is 4. The van der Waals surface area contributed by atoms with Crippen LogP contribution in [0, 0.1) is 12.7 Å². The molecule has 158 valence electrons. The molecule has 0 unspecified atom stereocenters. The predicted octanol–water partition coefficient (Wildman–Crippen LogP) is 4.27. The fourth-order valence-corrected chi connectivity index (χ4v) is 3.65. The zero-order chi connectivity index (χ0) is 21.8. The lowest BCUT2D eigenvalue weighted by atomic mass is 10.1. The molecule has 0 aliphatic rings. The maximum atomic E-state index is 13.8. The molecule has 3 aromatic heterocycles. The van der Waals surface area contributed by atoms with Gasteiger partial charge in [0.05, 0.1) is 10.4 Å². The standard InChI is InChI=1S/C18H14F4N4O3S/c1-8-11-5-9(19)3-4-13(11)29-14(8)15(18(20,21)22)25-17-24-12-6-10(30(2,27)28)7-23-16(12)26-17/h3-7,15H,1-2H3,(H2,23,24,25,26)/t15-/m1/s1. The first-order chi connectivity index (χ1) is 13.9. The number of imidazole rings is 1. The Morgan fingerprint density at radius 2 is 1.97 bits per heavy atom. The van der Waals surface area contributed by atoms with E-state index < -0.39 is 33.6 Å². The Morgan fingerprint density at radius 1 is 1.23 bits per heavy atom. The summed E-state index contributed by atoms with van der Waals surface area (Å²) in [5.41, 5.74) is 0.427. The van der Waals surface area contributed by atoms with Crippen molar-refractivity contribution in [1.82, 2.24) is 15.0 Å². The van der Waals surface area contributed by atoms with E-state index in [1.54, 1.807) is 0 Å². The van der Waals surface area contributed by atoms with Gasteiger partial charge in [-0.05, 0) is 31.2 Å². The van der Waals surface area contributed by atoms with Crippen molar-refractivity contribution in [2.75, 3.05) is 11.6 Å². The number of fused-ring (bicyclic) bond motifs is 2. The minimum atomic E-state index is -4.78. The van der Waals surface area contributed by atoms with Gasteiger partial charge in [-0.25, -0.2) is 17.8 Å². The minimum Gasteiger partial charge on any atom is -0.458 e. The molecule has 1 atom stereocenters. The van der Waals surface area contributed by atoms with Crippen molar-refractivity contribution in [3.05, 3.63) is 47.6 Å². The fourth-order valence-electron chi connectivity index (χ4n) is 3.07. The highest BCUT2D eigenvalue weighted by molar-refractivity contribution is 7.90. The molecule has 4 aromatic rings. The summed E-state index contributed by atoms with van der Waals surface area (Å²) < 4.78 is 83.6. The second kappa shape index (κ2) is 6.69. The monoisotopic (exact) mass is 442 g/mol. The van der Waals surface area contributed by atoms with Crippen LogP contribution in [0.2, 0.25) is 0 Å². The van der Waals surface area contributed by atoms with Crippen LogP contribution >= 0.6 is 0 Å². The second-order valence-corrected chi connectivity index (χ2v) is 8.77. The Bertz CT molecular complexity index is 1380. The van der Waals surface area contributed by atoms with E-state index in [1.165, 1.54) is 19.1 Å². The number of pyridine rings is 1. The highest BCUT2D eigenvalue weighted by Gasteiger charge is 2.45. The summed E-state index contributed by atoms with van der Waals surface area (Å²) in [5, 5.41) is 2.46. The predicted molar refractivity (Wildman–Crippen MR) is 100 cm³/mol. The lowest BCUT2D eigenvalue weighted by Gasteiger charge is -2.20. The summed E-state index contributed by atoms with van der Waals surface area (Å²) in [6, 6.07) is 2.39. The molecular formula is C18H14F4N4O3S. The second-order valence-electron chi connectivity index (χ2n) is 6.75. The molecule has 7 nitrogen and oxygen atoms in total. The fraction of sp³-hybridized carbons (Fsp3) is 0.222. The van der Waals surface area contributed by atoms with Gasteiger partial charge in [0.15, 0.2) is 21.5 Å². The molecule has 3 heterocycles. The van der Waals surface area contributed by atoms with Crippen molar-refractivity contribution in [3.63, 3.8) is 0 Å². The van der Waals surface area contributed by atoms with Gasteiger partial charge in [0.2, 0.25) is 5.95 Å². The van der Waals surface area contributed by atoms with Gasteiger partial charge < -0.3 is 14.7 Å². The largest absolute Gasteiger partial charge is 0.458 e. The van der Waals surface area contributed by atoms with Gasteiger partial charge in [-0.1, -0.05) is 0 Å². The van der Waals surface area contributed by atoms with Crippen LogP contribution in [0.4, 0.5) is 23.5 Å². The van der Waals surface area contributed by atoms with Crippen molar-refractivity contribution < 1.29 is 30.4 Å². The Balaban J connectivity index is 1.77. The number of halogens is 4. The number of furan rings is 1. The van der Waals surface area contributed by atoms with Crippen molar-refractivity contribution >= 4 is 37.9 Å². The van der Waals surface area contributed by atoms with E-state index in [9.17, 15) is 26.0 Å². The van der Waals surface area contributed by atoms with Gasteiger partial charge in [0, 0.05) is 23.4 Å². The van der Waals surface area contributed by atoms with Gasteiger partial charge in [0.25, 0.3) is 0 Å². The van der Waals surface area contributed by atoms with Crippen LogP contribution in [-0.2, 0) is 9.84 Å². The molecule has 30 heavy (non-hydrogen) atoms. The summed E-state index contributed by atoms with van der Waals surface area (Å²) in [6.07, 6.45) is -2.72. The molecule has 0 radical (unpaired) electrons. The molecule has 0 saturated heterocycles. The van der Waals surface area contributed by atoms with Crippen LogP contribution in [0.25, 0.3) is 22.1 Å². The third-order valence-corrected chi connectivity index (χ3v) is 5.63. The summed E-state index contributed by atoms with van der Waals surface area (Å²) in [5.74, 6) is -1.32. The smallest absolute Gasteiger partial charge is 0.415 e. The van der Waals surface area contributed by atoms with Crippen molar-refractivity contribution in [3.8, 4) is 0 Å². The van der Waals surface area contributed by atoms with Crippen LogP contribution in [-0.4, -0.2) is 35.8 Å². The highest BCUT2D eigenvalue weighted by atomic mass is 32.2. The average Bonchev–Trinajstić information content (AvgIpc) is 3.18. The van der Waals surface area contributed by atoms with Crippen LogP contribution < -0.4 is 5.32 Å². The molecular weight excluding hydrogens is 428 g/mol. The van der Waals surface area contributed by atoms with Crippen LogP contribution in [0.5, 0.6) is 0 Å². The Labute approximate surface area is 167 Å². The lowest BCUT2D eigenvalue weighted by molar-refractivity contribution is -0.147. The summed E-state index contributed by atoms with van der Waals surface area (Å²) >= 11 is 0. The van der Waals surface area contributed by atoms with Crippen molar-refractivity contribution in [2.45, 2.75) is 24.0 Å². The van der Waals surface area contributed by atoms with E-state index in [0.717, 1.165) is 24.6 Å². The van der Waals surface area contributed by atoms with Crippen molar-refractivity contribution in [2.24, 2.45) is 0 Å². The first-order valence-electron chi connectivity index (χ1n) is 8.51. The van der Waals surface area contributed by atoms with Crippen molar-refractivity contribution in [1.29, 1.82) is 0 Å². The molecule has 1 aromatic carbocycles. The van der Waals surface area contributed by atoms with E-state index >= 15 is 0 Å². The number of alkyl halides is 3. The third-order valence-electron chi connectivity index (χ3n) is 4.55. The Kier molecular flexibility index (Phi) is 4.49. The number of H-pyrrole nitrogens is 1. The quantitative estimate of drug-likeness (QED) is 0.458. The topological polar surface area (TPSA) is 101 Å². The molecule has 12 heteroatoms. The molecule has 0 amide bonds. The van der Waals surface area contributed by atoms with Gasteiger partial charge in [-0.3, -0.25) is 0 Å². The van der Waals surface area contributed by atoms with E-state index in [0.29, 0.717) is 0 Å². The van der Waals surface area contributed by atoms with Crippen LogP contribution in [0.15, 0.2) is 39.8 Å².